The standard InChI is InChI=1S/C44H54O2/c1-3-5-7-9-11-13-15-21-35-27-31-37(32-28-35)45-43-39-23-17-19-25-41(39)44(42-26-20-18-24-40(42)43)46-38-33-29-36(30-34-38)22-16-14-12-10-8-6-4-2/h17-20,23-34H,3-16,21-22H2,1-2H3. The van der Waals surface area contributed by atoms with E-state index >= 15 is 0 Å². The Morgan fingerprint density at radius 1 is 0.348 bits per heavy atom. The molecule has 5 aromatic rings. The van der Waals surface area contributed by atoms with Crippen LogP contribution in [0.25, 0.3) is 21.5 Å². The highest BCUT2D eigenvalue weighted by Crippen LogP contribution is 2.45. The lowest BCUT2D eigenvalue weighted by Crippen LogP contribution is -1.94. The smallest absolute Gasteiger partial charge is 0.143 e. The van der Waals surface area contributed by atoms with Crippen LogP contribution in [0.2, 0.25) is 0 Å². The molecule has 46 heavy (non-hydrogen) atoms. The molecule has 0 atom stereocenters. The highest BCUT2D eigenvalue weighted by molar-refractivity contribution is 6.11. The van der Waals surface area contributed by atoms with E-state index in [1.54, 1.807) is 0 Å². The van der Waals surface area contributed by atoms with E-state index in [2.05, 4.69) is 111 Å². The van der Waals surface area contributed by atoms with Gasteiger partial charge in [0.1, 0.15) is 23.0 Å². The molecule has 5 aromatic carbocycles. The lowest BCUT2D eigenvalue weighted by molar-refractivity contribution is 0.485. The molecule has 2 nitrogen and oxygen atoms in total. The third-order valence-corrected chi connectivity index (χ3v) is 9.26. The first-order valence-electron chi connectivity index (χ1n) is 18.2. The fourth-order valence-corrected chi connectivity index (χ4v) is 6.52. The maximum Gasteiger partial charge on any atom is 0.143 e. The van der Waals surface area contributed by atoms with Crippen molar-refractivity contribution in [2.45, 2.75) is 117 Å². The third-order valence-electron chi connectivity index (χ3n) is 9.26. The van der Waals surface area contributed by atoms with E-state index in [0.717, 1.165) is 57.4 Å². The predicted octanol–water partition coefficient (Wildman–Crippen LogP) is 14.2. The Morgan fingerprint density at radius 3 is 0.978 bits per heavy atom. The van der Waals surface area contributed by atoms with Gasteiger partial charge in [-0.3, -0.25) is 0 Å². The maximum absolute atomic E-state index is 6.68. The highest BCUT2D eigenvalue weighted by Gasteiger charge is 2.17. The summed E-state index contributed by atoms with van der Waals surface area (Å²) in [6, 6.07) is 34.3. The molecule has 0 aliphatic carbocycles. The number of benzene rings is 5. The van der Waals surface area contributed by atoms with Crippen molar-refractivity contribution < 1.29 is 9.47 Å². The molecule has 0 radical (unpaired) electrons. The van der Waals surface area contributed by atoms with Crippen molar-refractivity contribution in [1.82, 2.24) is 0 Å². The van der Waals surface area contributed by atoms with Gasteiger partial charge in [0.05, 0.1) is 0 Å². The number of ether oxygens (including phenoxy) is 2. The van der Waals surface area contributed by atoms with E-state index in [9.17, 15) is 0 Å². The first-order valence-corrected chi connectivity index (χ1v) is 18.2. The van der Waals surface area contributed by atoms with Gasteiger partial charge in [-0.2, -0.15) is 0 Å². The maximum atomic E-state index is 6.68. The second-order valence-electron chi connectivity index (χ2n) is 13.0. The van der Waals surface area contributed by atoms with Crippen molar-refractivity contribution in [2.75, 3.05) is 0 Å². The molecule has 0 N–H and O–H groups in total. The largest absolute Gasteiger partial charge is 0.456 e. The molecule has 0 fully saturated rings. The van der Waals surface area contributed by atoms with Crippen LogP contribution < -0.4 is 9.47 Å². The van der Waals surface area contributed by atoms with Crippen molar-refractivity contribution in [3.8, 4) is 23.0 Å². The zero-order valence-electron chi connectivity index (χ0n) is 28.4. The van der Waals surface area contributed by atoms with E-state index in [1.165, 1.54) is 101 Å². The monoisotopic (exact) mass is 614 g/mol. The number of rotatable bonds is 20. The van der Waals surface area contributed by atoms with Crippen LogP contribution in [0.3, 0.4) is 0 Å². The van der Waals surface area contributed by atoms with E-state index in [1.807, 2.05) is 0 Å². The predicted molar refractivity (Wildman–Crippen MR) is 198 cm³/mol. The van der Waals surface area contributed by atoms with Gasteiger partial charge in [0.25, 0.3) is 0 Å². The van der Waals surface area contributed by atoms with Gasteiger partial charge in [-0.15, -0.1) is 0 Å². The average Bonchev–Trinajstić information content (AvgIpc) is 3.10. The molecule has 5 rings (SSSR count). The minimum Gasteiger partial charge on any atom is -0.456 e. The van der Waals surface area contributed by atoms with Gasteiger partial charge in [0.15, 0.2) is 0 Å². The second kappa shape index (κ2) is 18.4. The first kappa shape index (κ1) is 33.6. The van der Waals surface area contributed by atoms with Crippen LogP contribution in [0.5, 0.6) is 23.0 Å². The Labute approximate surface area is 278 Å². The van der Waals surface area contributed by atoms with Crippen LogP contribution in [0.15, 0.2) is 97.1 Å². The van der Waals surface area contributed by atoms with Crippen LogP contribution in [0, 0.1) is 0 Å². The van der Waals surface area contributed by atoms with Crippen LogP contribution in [-0.2, 0) is 12.8 Å². The molecule has 0 amide bonds. The molecule has 0 saturated carbocycles. The molecule has 0 heterocycles. The summed E-state index contributed by atoms with van der Waals surface area (Å²) in [7, 11) is 0. The SMILES string of the molecule is CCCCCCCCCc1ccc(Oc2c3ccccc3c(Oc3ccc(CCCCCCCCC)cc3)c3ccccc23)cc1. The Hall–Kier alpha value is -3.78. The summed E-state index contributed by atoms with van der Waals surface area (Å²) in [6.07, 6.45) is 21.0. The van der Waals surface area contributed by atoms with Crippen LogP contribution in [0.1, 0.15) is 115 Å². The van der Waals surface area contributed by atoms with E-state index in [4.69, 9.17) is 9.47 Å². The fourth-order valence-electron chi connectivity index (χ4n) is 6.52. The quantitative estimate of drug-likeness (QED) is 0.0641. The third kappa shape index (κ3) is 9.61. The van der Waals surface area contributed by atoms with E-state index < -0.39 is 0 Å². The number of hydrogen-bond acceptors (Lipinski definition) is 2. The van der Waals surface area contributed by atoms with Gasteiger partial charge in [0.2, 0.25) is 0 Å². The minimum atomic E-state index is 0.865. The van der Waals surface area contributed by atoms with Crippen LogP contribution in [0.4, 0.5) is 0 Å². The zero-order valence-corrected chi connectivity index (χ0v) is 28.4. The number of fused-ring (bicyclic) bond motifs is 2. The highest BCUT2D eigenvalue weighted by atomic mass is 16.5. The fraction of sp³-hybridized carbons (Fsp3) is 0.409. The van der Waals surface area contributed by atoms with Gasteiger partial charge in [-0.25, -0.2) is 0 Å². The molecule has 0 spiro atoms. The first-order chi connectivity index (χ1) is 22.8. The van der Waals surface area contributed by atoms with Crippen molar-refractivity contribution in [1.29, 1.82) is 0 Å². The lowest BCUT2D eigenvalue weighted by Gasteiger charge is -2.18. The van der Waals surface area contributed by atoms with Crippen molar-refractivity contribution in [3.05, 3.63) is 108 Å². The molecule has 0 unspecified atom stereocenters. The van der Waals surface area contributed by atoms with Crippen molar-refractivity contribution in [3.63, 3.8) is 0 Å². The Balaban J connectivity index is 1.27. The lowest BCUT2D eigenvalue weighted by atomic mass is 10.0. The van der Waals surface area contributed by atoms with Crippen molar-refractivity contribution >= 4 is 21.5 Å². The molecule has 0 aromatic heterocycles. The van der Waals surface area contributed by atoms with E-state index in [0.29, 0.717) is 0 Å². The van der Waals surface area contributed by atoms with Gasteiger partial charge in [-0.05, 0) is 61.1 Å². The molecule has 2 heteroatoms. The van der Waals surface area contributed by atoms with Crippen LogP contribution >= 0.6 is 0 Å². The summed E-state index contributed by atoms with van der Waals surface area (Å²) in [5.74, 6) is 3.49. The molecule has 0 aliphatic heterocycles. The molecular weight excluding hydrogens is 560 g/mol. The topological polar surface area (TPSA) is 18.5 Å². The van der Waals surface area contributed by atoms with E-state index in [-0.39, 0.29) is 0 Å². The Kier molecular flexibility index (Phi) is 13.4. The summed E-state index contributed by atoms with van der Waals surface area (Å²) in [5, 5.41) is 4.22. The van der Waals surface area contributed by atoms with Crippen molar-refractivity contribution in [2.24, 2.45) is 0 Å². The molecule has 0 saturated heterocycles. The van der Waals surface area contributed by atoms with Gasteiger partial charge in [-0.1, -0.05) is 164 Å². The zero-order chi connectivity index (χ0) is 31.8. The number of aryl methyl sites for hydroxylation is 2. The summed E-state index contributed by atoms with van der Waals surface area (Å²) < 4.78 is 13.4. The Morgan fingerprint density at radius 2 is 0.652 bits per heavy atom. The Bertz CT molecular complexity index is 1420. The van der Waals surface area contributed by atoms with Crippen LogP contribution in [-0.4, -0.2) is 0 Å². The summed E-state index contributed by atoms with van der Waals surface area (Å²) in [4.78, 5) is 0. The summed E-state index contributed by atoms with van der Waals surface area (Å²) >= 11 is 0. The molecule has 0 bridgehead atoms. The molecular formula is C44H54O2. The molecule has 0 aliphatic rings. The summed E-state index contributed by atoms with van der Waals surface area (Å²) in [5.41, 5.74) is 2.76. The number of unbranched alkanes of at least 4 members (excludes halogenated alkanes) is 12. The normalized spacial score (nSPS) is 11.3. The molecule has 242 valence electrons. The minimum absolute atomic E-state index is 0.865. The van der Waals surface area contributed by atoms with Gasteiger partial charge < -0.3 is 9.47 Å². The van der Waals surface area contributed by atoms with Gasteiger partial charge in [0, 0.05) is 21.5 Å². The average molecular weight is 615 g/mol. The second-order valence-corrected chi connectivity index (χ2v) is 13.0. The van der Waals surface area contributed by atoms with Gasteiger partial charge >= 0.3 is 0 Å². The summed E-state index contributed by atoms with van der Waals surface area (Å²) in [6.45, 7) is 4.56. The number of hydrogen-bond donors (Lipinski definition) is 0.